The molecule has 0 aliphatic rings. The zero-order valence-electron chi connectivity index (χ0n) is 14.4. The normalized spacial score (nSPS) is 11.8. The summed E-state index contributed by atoms with van der Waals surface area (Å²) in [6.45, 7) is 2.49. The van der Waals surface area contributed by atoms with Crippen LogP contribution in [0.25, 0.3) is 32.0 Å². The Hall–Kier alpha value is -2.99. The summed E-state index contributed by atoms with van der Waals surface area (Å²) in [6, 6.07) is 12.1. The molecule has 0 aliphatic heterocycles. The molecule has 5 nitrogen and oxygen atoms in total. The maximum Gasteiger partial charge on any atom is 0.291 e. The van der Waals surface area contributed by atoms with Crippen LogP contribution in [0.15, 0.2) is 53.6 Å². The first-order valence-electron chi connectivity index (χ1n) is 8.41. The Balaban J connectivity index is 1.71. The van der Waals surface area contributed by atoms with Crippen molar-refractivity contribution in [1.82, 2.24) is 19.3 Å². The summed E-state index contributed by atoms with van der Waals surface area (Å²) in [5.41, 5.74) is 3.62. The summed E-state index contributed by atoms with van der Waals surface area (Å²) in [5.74, 6) is 0. The minimum absolute atomic E-state index is 0.0704. The first kappa shape index (κ1) is 15.3. The summed E-state index contributed by atoms with van der Waals surface area (Å²) in [7, 11) is 1.95. The molecule has 0 saturated heterocycles. The summed E-state index contributed by atoms with van der Waals surface area (Å²) in [5, 5.41) is 6.44. The molecule has 0 unspecified atom stereocenters. The molecule has 5 aromatic rings. The van der Waals surface area contributed by atoms with Crippen LogP contribution in [-0.2, 0) is 13.6 Å². The van der Waals surface area contributed by atoms with Crippen molar-refractivity contribution >= 4 is 43.4 Å². The summed E-state index contributed by atoms with van der Waals surface area (Å²) >= 11 is 1.70. The number of aromatic nitrogens is 4. The van der Waals surface area contributed by atoms with E-state index < -0.39 is 0 Å². The number of aryl methyl sites for hydroxylation is 2. The maximum atomic E-state index is 13.1. The highest BCUT2D eigenvalue weighted by atomic mass is 32.1. The predicted molar refractivity (Wildman–Crippen MR) is 106 cm³/mol. The lowest BCUT2D eigenvalue weighted by atomic mass is 10.1. The molecule has 0 aliphatic carbocycles. The summed E-state index contributed by atoms with van der Waals surface area (Å²) in [4.78, 5) is 18.8. The summed E-state index contributed by atoms with van der Waals surface area (Å²) < 4.78 is 4.64. The van der Waals surface area contributed by atoms with Crippen molar-refractivity contribution in [2.24, 2.45) is 7.05 Å². The molecule has 4 aromatic heterocycles. The van der Waals surface area contributed by atoms with Gasteiger partial charge in [0.25, 0.3) is 5.56 Å². The molecule has 0 bridgehead atoms. The highest BCUT2D eigenvalue weighted by molar-refractivity contribution is 7.20. The number of thiophene rings is 1. The van der Waals surface area contributed by atoms with Crippen molar-refractivity contribution in [1.29, 1.82) is 0 Å². The molecule has 5 rings (SSSR count). The average molecular weight is 360 g/mol. The van der Waals surface area contributed by atoms with Crippen molar-refractivity contribution < 1.29 is 0 Å². The minimum atomic E-state index is -0.0704. The van der Waals surface area contributed by atoms with E-state index >= 15 is 0 Å². The Bertz CT molecular complexity index is 1350. The van der Waals surface area contributed by atoms with Crippen LogP contribution >= 0.6 is 11.3 Å². The first-order valence-corrected chi connectivity index (χ1v) is 9.22. The van der Waals surface area contributed by atoms with Gasteiger partial charge in [0, 0.05) is 28.9 Å². The van der Waals surface area contributed by atoms with Gasteiger partial charge in [-0.15, -0.1) is 11.3 Å². The van der Waals surface area contributed by atoms with E-state index in [0.717, 1.165) is 32.1 Å². The SMILES string of the molecule is Cc1cc2c(s1)c1cnn(Cc3cccc4cccnc34)c(=O)c1n2C. The molecule has 1 aromatic carbocycles. The van der Waals surface area contributed by atoms with E-state index in [1.807, 2.05) is 48.1 Å². The lowest BCUT2D eigenvalue weighted by molar-refractivity contribution is 0.646. The Morgan fingerprint density at radius 1 is 1.19 bits per heavy atom. The molecule has 0 atom stereocenters. The fourth-order valence-corrected chi connectivity index (χ4v) is 4.65. The second kappa shape index (κ2) is 5.51. The number of hydrogen-bond acceptors (Lipinski definition) is 4. The number of benzene rings is 1. The number of pyridine rings is 1. The number of rotatable bonds is 2. The van der Waals surface area contributed by atoms with E-state index in [1.165, 1.54) is 9.56 Å². The van der Waals surface area contributed by atoms with Crippen molar-refractivity contribution in [2.45, 2.75) is 13.5 Å². The highest BCUT2D eigenvalue weighted by Gasteiger charge is 2.16. The Morgan fingerprint density at radius 3 is 2.92 bits per heavy atom. The van der Waals surface area contributed by atoms with Gasteiger partial charge in [-0.2, -0.15) is 5.10 Å². The van der Waals surface area contributed by atoms with Crippen LogP contribution in [-0.4, -0.2) is 19.3 Å². The van der Waals surface area contributed by atoms with Gasteiger partial charge >= 0.3 is 0 Å². The first-order chi connectivity index (χ1) is 12.6. The Kier molecular flexibility index (Phi) is 3.24. The van der Waals surface area contributed by atoms with Gasteiger partial charge in [-0.3, -0.25) is 9.78 Å². The molecular weight excluding hydrogens is 344 g/mol. The van der Waals surface area contributed by atoms with Gasteiger partial charge in [0.1, 0.15) is 5.52 Å². The second-order valence-corrected chi connectivity index (χ2v) is 7.75. The van der Waals surface area contributed by atoms with Gasteiger partial charge in [-0.05, 0) is 24.6 Å². The monoisotopic (exact) mass is 360 g/mol. The number of para-hydroxylation sites is 1. The van der Waals surface area contributed by atoms with Crippen LogP contribution in [0.3, 0.4) is 0 Å². The van der Waals surface area contributed by atoms with E-state index in [-0.39, 0.29) is 5.56 Å². The summed E-state index contributed by atoms with van der Waals surface area (Å²) in [6.07, 6.45) is 3.59. The largest absolute Gasteiger partial charge is 0.338 e. The molecule has 26 heavy (non-hydrogen) atoms. The molecular formula is C20H16N4OS. The third-order valence-electron chi connectivity index (χ3n) is 4.83. The van der Waals surface area contributed by atoms with Crippen LogP contribution in [0.2, 0.25) is 0 Å². The zero-order chi connectivity index (χ0) is 17.8. The Morgan fingerprint density at radius 2 is 2.04 bits per heavy atom. The van der Waals surface area contributed by atoms with Crippen LogP contribution in [0.4, 0.5) is 0 Å². The lowest BCUT2D eigenvalue weighted by Crippen LogP contribution is -2.24. The van der Waals surface area contributed by atoms with Crippen LogP contribution < -0.4 is 5.56 Å². The van der Waals surface area contributed by atoms with Gasteiger partial charge in [0.2, 0.25) is 0 Å². The predicted octanol–water partition coefficient (Wildman–Crippen LogP) is 3.85. The average Bonchev–Trinajstić information content (AvgIpc) is 3.15. The van der Waals surface area contributed by atoms with Gasteiger partial charge in [0.15, 0.2) is 0 Å². The quantitative estimate of drug-likeness (QED) is 0.480. The number of nitrogens with zero attached hydrogens (tertiary/aromatic N) is 4. The van der Waals surface area contributed by atoms with E-state index in [0.29, 0.717) is 12.1 Å². The van der Waals surface area contributed by atoms with Crippen molar-refractivity contribution in [3.05, 3.63) is 69.6 Å². The second-order valence-electron chi connectivity index (χ2n) is 6.49. The van der Waals surface area contributed by atoms with Gasteiger partial charge < -0.3 is 4.57 Å². The third kappa shape index (κ3) is 2.12. The molecule has 0 fully saturated rings. The van der Waals surface area contributed by atoms with Crippen molar-refractivity contribution in [3.63, 3.8) is 0 Å². The lowest BCUT2D eigenvalue weighted by Gasteiger charge is -2.08. The maximum absolute atomic E-state index is 13.1. The smallest absolute Gasteiger partial charge is 0.291 e. The van der Waals surface area contributed by atoms with E-state index in [1.54, 1.807) is 17.5 Å². The van der Waals surface area contributed by atoms with E-state index in [2.05, 4.69) is 23.1 Å². The van der Waals surface area contributed by atoms with Crippen LogP contribution in [0.5, 0.6) is 0 Å². The van der Waals surface area contributed by atoms with Gasteiger partial charge in [-0.1, -0.05) is 24.3 Å². The molecule has 128 valence electrons. The molecule has 0 N–H and O–H groups in total. The third-order valence-corrected chi connectivity index (χ3v) is 5.90. The van der Waals surface area contributed by atoms with Gasteiger partial charge in [0.05, 0.1) is 28.5 Å². The standard InChI is InChI=1S/C20H16N4OS/c1-12-9-16-19(26-12)15-10-22-24(20(25)18(15)23(16)2)11-14-6-3-5-13-7-4-8-21-17(13)14/h3-10H,11H2,1-2H3. The molecule has 0 radical (unpaired) electrons. The molecule has 6 heteroatoms. The fraction of sp³-hybridized carbons (Fsp3) is 0.150. The van der Waals surface area contributed by atoms with Gasteiger partial charge in [-0.25, -0.2) is 4.68 Å². The Labute approximate surface area is 153 Å². The molecule has 0 spiro atoms. The minimum Gasteiger partial charge on any atom is -0.338 e. The van der Waals surface area contributed by atoms with Crippen LogP contribution in [0, 0.1) is 6.92 Å². The fourth-order valence-electron chi connectivity index (χ4n) is 3.60. The number of fused-ring (bicyclic) bond motifs is 4. The number of hydrogen-bond donors (Lipinski definition) is 0. The highest BCUT2D eigenvalue weighted by Crippen LogP contribution is 2.32. The van der Waals surface area contributed by atoms with Crippen molar-refractivity contribution in [2.75, 3.05) is 0 Å². The molecule has 0 saturated carbocycles. The van der Waals surface area contributed by atoms with E-state index in [9.17, 15) is 4.79 Å². The van der Waals surface area contributed by atoms with Crippen molar-refractivity contribution in [3.8, 4) is 0 Å². The topological polar surface area (TPSA) is 52.7 Å². The van der Waals surface area contributed by atoms with E-state index in [4.69, 9.17) is 0 Å². The molecule has 0 amide bonds. The zero-order valence-corrected chi connectivity index (χ0v) is 15.2. The molecule has 4 heterocycles. The van der Waals surface area contributed by atoms with Crippen LogP contribution in [0.1, 0.15) is 10.4 Å².